The molecule has 0 spiro atoms. The average Bonchev–Trinajstić information content (AvgIpc) is 2.92. The predicted octanol–water partition coefficient (Wildman–Crippen LogP) is 3.25. The lowest BCUT2D eigenvalue weighted by Crippen LogP contribution is -2.42. The molecule has 1 aliphatic heterocycles. The van der Waals surface area contributed by atoms with Crippen LogP contribution in [0.4, 0.5) is 5.69 Å². The van der Waals surface area contributed by atoms with Crippen molar-refractivity contribution < 1.29 is 19.1 Å². The Morgan fingerprint density at radius 3 is 2.54 bits per heavy atom. The van der Waals surface area contributed by atoms with E-state index in [0.717, 1.165) is 22.0 Å². The Bertz CT molecular complexity index is 817. The van der Waals surface area contributed by atoms with Crippen LogP contribution in [-0.4, -0.2) is 22.7 Å². The van der Waals surface area contributed by atoms with E-state index in [1.54, 1.807) is 11.3 Å². The normalized spacial score (nSPS) is 16.4. The van der Waals surface area contributed by atoms with Crippen LogP contribution in [0.15, 0.2) is 41.4 Å². The fraction of sp³-hybridized carbons (Fsp3) is 0.235. The van der Waals surface area contributed by atoms with Crippen LogP contribution in [-0.2, 0) is 19.1 Å². The van der Waals surface area contributed by atoms with Crippen LogP contribution >= 0.6 is 11.3 Å². The van der Waals surface area contributed by atoms with Gasteiger partial charge in [0.15, 0.2) is 5.57 Å². The number of carbonyl (C=O) groups is 2. The molecule has 1 fully saturated rings. The molecule has 0 bridgehead atoms. The minimum atomic E-state index is -1.24. The molecule has 0 aliphatic carbocycles. The molecular formula is C17H16N2O4S. The van der Waals surface area contributed by atoms with Gasteiger partial charge in [0.25, 0.3) is 5.79 Å². The van der Waals surface area contributed by atoms with E-state index >= 15 is 0 Å². The number of nitrogens with zero attached hydrogens (tertiary/aromatic N) is 1. The SMILES string of the molecule is Cc1csc(-c2cccc(NC=C3C(=O)OC(C)(C)OC3=O)c2)n1. The number of nitrogens with one attached hydrogen (secondary N) is 1. The summed E-state index contributed by atoms with van der Waals surface area (Å²) in [7, 11) is 0. The van der Waals surface area contributed by atoms with Crippen LogP contribution in [0.1, 0.15) is 19.5 Å². The number of aromatic nitrogens is 1. The molecule has 0 atom stereocenters. The van der Waals surface area contributed by atoms with Crippen LogP contribution in [0, 0.1) is 6.92 Å². The Kier molecular flexibility index (Phi) is 4.11. The van der Waals surface area contributed by atoms with Gasteiger partial charge in [0, 0.05) is 42.4 Å². The van der Waals surface area contributed by atoms with E-state index in [1.807, 2.05) is 36.6 Å². The molecule has 124 valence electrons. The van der Waals surface area contributed by atoms with E-state index in [1.165, 1.54) is 20.0 Å². The van der Waals surface area contributed by atoms with Gasteiger partial charge in [-0.1, -0.05) is 12.1 Å². The Hall–Kier alpha value is -2.67. The zero-order valence-electron chi connectivity index (χ0n) is 13.5. The molecule has 1 aliphatic rings. The highest BCUT2D eigenvalue weighted by Crippen LogP contribution is 2.26. The maximum absolute atomic E-state index is 11.9. The lowest BCUT2D eigenvalue weighted by molar-refractivity contribution is -0.222. The van der Waals surface area contributed by atoms with Crippen molar-refractivity contribution in [3.8, 4) is 10.6 Å². The number of hydrogen-bond acceptors (Lipinski definition) is 7. The monoisotopic (exact) mass is 344 g/mol. The molecule has 1 aromatic carbocycles. The molecule has 0 amide bonds. The zero-order chi connectivity index (χ0) is 17.3. The predicted molar refractivity (Wildman–Crippen MR) is 90.3 cm³/mol. The van der Waals surface area contributed by atoms with Crippen molar-refractivity contribution in [2.45, 2.75) is 26.6 Å². The van der Waals surface area contributed by atoms with E-state index in [4.69, 9.17) is 9.47 Å². The van der Waals surface area contributed by atoms with Crippen molar-refractivity contribution in [3.63, 3.8) is 0 Å². The Balaban J connectivity index is 1.79. The van der Waals surface area contributed by atoms with Gasteiger partial charge in [-0.3, -0.25) is 0 Å². The summed E-state index contributed by atoms with van der Waals surface area (Å²) in [5.74, 6) is -2.67. The average molecular weight is 344 g/mol. The van der Waals surface area contributed by atoms with Gasteiger partial charge in [-0.15, -0.1) is 11.3 Å². The molecule has 0 unspecified atom stereocenters. The molecule has 0 radical (unpaired) electrons. The van der Waals surface area contributed by atoms with E-state index in [2.05, 4.69) is 10.3 Å². The molecule has 7 heteroatoms. The first-order chi connectivity index (χ1) is 11.3. The van der Waals surface area contributed by atoms with Crippen molar-refractivity contribution in [2.24, 2.45) is 0 Å². The molecular weight excluding hydrogens is 328 g/mol. The summed E-state index contributed by atoms with van der Waals surface area (Å²) in [5.41, 5.74) is 2.46. The Morgan fingerprint density at radius 1 is 1.21 bits per heavy atom. The van der Waals surface area contributed by atoms with Gasteiger partial charge in [0.2, 0.25) is 0 Å². The molecule has 2 aromatic rings. The fourth-order valence-corrected chi connectivity index (χ4v) is 2.96. The smallest absolute Gasteiger partial charge is 0.350 e. The number of aryl methyl sites for hydroxylation is 1. The minimum Gasteiger partial charge on any atom is -0.419 e. The third-order valence-corrected chi connectivity index (χ3v) is 4.24. The second-order valence-electron chi connectivity index (χ2n) is 5.76. The Morgan fingerprint density at radius 2 is 1.92 bits per heavy atom. The number of cyclic esters (lactones) is 2. The summed E-state index contributed by atoms with van der Waals surface area (Å²) in [4.78, 5) is 28.2. The third kappa shape index (κ3) is 3.46. The zero-order valence-corrected chi connectivity index (χ0v) is 14.3. The van der Waals surface area contributed by atoms with E-state index < -0.39 is 17.7 Å². The maximum atomic E-state index is 11.9. The van der Waals surface area contributed by atoms with Crippen LogP contribution in [0.5, 0.6) is 0 Å². The van der Waals surface area contributed by atoms with Gasteiger partial charge < -0.3 is 14.8 Å². The molecule has 1 N–H and O–H groups in total. The summed E-state index contributed by atoms with van der Waals surface area (Å²) in [6.45, 7) is 4.95. The van der Waals surface area contributed by atoms with Crippen LogP contribution in [0.25, 0.3) is 10.6 Å². The number of carbonyl (C=O) groups excluding carboxylic acids is 2. The quantitative estimate of drug-likeness (QED) is 0.523. The van der Waals surface area contributed by atoms with Crippen LogP contribution in [0.3, 0.4) is 0 Å². The Labute approximate surface area is 143 Å². The summed E-state index contributed by atoms with van der Waals surface area (Å²) < 4.78 is 10.1. The fourth-order valence-electron chi connectivity index (χ4n) is 2.16. The van der Waals surface area contributed by atoms with E-state index in [0.29, 0.717) is 0 Å². The highest BCUT2D eigenvalue weighted by molar-refractivity contribution is 7.13. The molecule has 3 rings (SSSR count). The molecule has 24 heavy (non-hydrogen) atoms. The number of hydrogen-bond donors (Lipinski definition) is 1. The van der Waals surface area contributed by atoms with Gasteiger partial charge in [0.1, 0.15) is 5.01 Å². The van der Waals surface area contributed by atoms with Gasteiger partial charge >= 0.3 is 11.9 Å². The number of rotatable bonds is 3. The van der Waals surface area contributed by atoms with Crippen molar-refractivity contribution in [1.29, 1.82) is 0 Å². The minimum absolute atomic E-state index is 0.176. The van der Waals surface area contributed by atoms with Gasteiger partial charge in [-0.25, -0.2) is 14.6 Å². The molecule has 0 saturated carbocycles. The van der Waals surface area contributed by atoms with Crippen molar-refractivity contribution >= 4 is 29.0 Å². The van der Waals surface area contributed by atoms with Gasteiger partial charge in [-0.2, -0.15) is 0 Å². The number of thiazole rings is 1. The largest absolute Gasteiger partial charge is 0.419 e. The first-order valence-electron chi connectivity index (χ1n) is 7.30. The molecule has 2 heterocycles. The molecule has 1 aromatic heterocycles. The first-order valence-corrected chi connectivity index (χ1v) is 8.18. The topological polar surface area (TPSA) is 77.5 Å². The second-order valence-corrected chi connectivity index (χ2v) is 6.61. The van der Waals surface area contributed by atoms with E-state index in [9.17, 15) is 9.59 Å². The van der Waals surface area contributed by atoms with Crippen LogP contribution in [0.2, 0.25) is 0 Å². The maximum Gasteiger partial charge on any atom is 0.350 e. The van der Waals surface area contributed by atoms with Gasteiger partial charge in [0.05, 0.1) is 0 Å². The second kappa shape index (κ2) is 6.09. The van der Waals surface area contributed by atoms with Gasteiger partial charge in [-0.05, 0) is 19.1 Å². The summed E-state index contributed by atoms with van der Waals surface area (Å²) in [6.07, 6.45) is 1.30. The van der Waals surface area contributed by atoms with Crippen molar-refractivity contribution in [1.82, 2.24) is 4.98 Å². The number of anilines is 1. The van der Waals surface area contributed by atoms with Crippen molar-refractivity contribution in [3.05, 3.63) is 47.1 Å². The van der Waals surface area contributed by atoms with Crippen LogP contribution < -0.4 is 5.32 Å². The third-order valence-electron chi connectivity index (χ3n) is 3.23. The summed E-state index contributed by atoms with van der Waals surface area (Å²) in [6, 6.07) is 7.53. The first kappa shape index (κ1) is 16.2. The standard InChI is InChI=1S/C17H16N2O4S/c1-10-9-24-14(19-10)11-5-4-6-12(7-11)18-8-13-15(20)22-17(2,3)23-16(13)21/h4-9,18H,1-3H3. The van der Waals surface area contributed by atoms with Crippen molar-refractivity contribution in [2.75, 3.05) is 5.32 Å². The molecule has 1 saturated heterocycles. The highest BCUT2D eigenvalue weighted by Gasteiger charge is 2.38. The number of esters is 2. The lowest BCUT2D eigenvalue weighted by Gasteiger charge is -2.29. The summed E-state index contributed by atoms with van der Waals surface area (Å²) >= 11 is 1.56. The number of ether oxygens (including phenoxy) is 2. The number of benzene rings is 1. The molecule has 6 nitrogen and oxygen atoms in total. The van der Waals surface area contributed by atoms with E-state index in [-0.39, 0.29) is 5.57 Å². The summed E-state index contributed by atoms with van der Waals surface area (Å²) in [5, 5.41) is 5.82. The highest BCUT2D eigenvalue weighted by atomic mass is 32.1. The lowest BCUT2D eigenvalue weighted by atomic mass is 10.2.